The van der Waals surface area contributed by atoms with Crippen molar-refractivity contribution in [2.24, 2.45) is 0 Å². The maximum Gasteiger partial charge on any atom is 0.104 e. The predicted octanol–water partition coefficient (Wildman–Crippen LogP) is 3.28. The van der Waals surface area contributed by atoms with Crippen molar-refractivity contribution in [3.63, 3.8) is 0 Å². The van der Waals surface area contributed by atoms with E-state index in [4.69, 9.17) is 0 Å². The Hall–Kier alpha value is -1.31. The molecule has 1 aromatic rings. The number of hydrogen-bond acceptors (Lipinski definition) is 1. The highest BCUT2D eigenvalue weighted by atomic mass is 14.9. The topological polar surface area (TPSA) is 28.7 Å². The van der Waals surface area contributed by atoms with Gasteiger partial charge in [-0.25, -0.2) is 4.98 Å². The number of nitrogens with one attached hydrogen (secondary N) is 1. The van der Waals surface area contributed by atoms with E-state index in [2.05, 4.69) is 23.1 Å². The summed E-state index contributed by atoms with van der Waals surface area (Å²) in [6.45, 7) is 13.2. The van der Waals surface area contributed by atoms with E-state index in [-0.39, 0.29) is 1.43 Å². The van der Waals surface area contributed by atoms with Gasteiger partial charge in [-0.2, -0.15) is 0 Å². The summed E-state index contributed by atoms with van der Waals surface area (Å²) in [5.41, 5.74) is 1.81. The third-order valence-corrected chi connectivity index (χ3v) is 1.28. The number of aryl methyl sites for hydroxylation is 1. The van der Waals surface area contributed by atoms with Crippen LogP contribution in [-0.2, 0) is 0 Å². The molecule has 1 rings (SSSR count). The molecule has 0 saturated carbocycles. The lowest BCUT2D eigenvalue weighted by Gasteiger charge is -1.84. The fourth-order valence-corrected chi connectivity index (χ4v) is 0.839. The second-order valence-electron chi connectivity index (χ2n) is 2.03. The average molecular weight is 166 g/mol. The summed E-state index contributed by atoms with van der Waals surface area (Å²) < 4.78 is 0. The molecule has 1 heterocycles. The maximum absolute atomic E-state index is 4.16. The maximum atomic E-state index is 4.16. The lowest BCUT2D eigenvalue weighted by molar-refractivity contribution is 1.14. The molecular weight excluding hydrogens is 148 g/mol. The van der Waals surface area contributed by atoms with Gasteiger partial charge in [0.25, 0.3) is 0 Å². The number of imidazole rings is 1. The van der Waals surface area contributed by atoms with Crippen molar-refractivity contribution in [2.75, 3.05) is 0 Å². The normalized spacial score (nSPS) is 8.25. The summed E-state index contributed by atoms with van der Waals surface area (Å²) in [6, 6.07) is 0. The smallest absolute Gasteiger partial charge is 0.104 e. The molecule has 68 valence electrons. The molecule has 1 aromatic heterocycles. The van der Waals surface area contributed by atoms with Crippen LogP contribution in [0.25, 0.3) is 12.2 Å². The van der Waals surface area contributed by atoms with E-state index in [0.29, 0.717) is 0 Å². The number of hydrogen-bond donors (Lipinski definition) is 1. The Morgan fingerprint density at radius 2 is 1.92 bits per heavy atom. The molecule has 0 aliphatic carbocycles. The lowest BCUT2D eigenvalue weighted by Crippen LogP contribution is -1.73. The van der Waals surface area contributed by atoms with E-state index in [9.17, 15) is 0 Å². The molecule has 0 radical (unpaired) electrons. The van der Waals surface area contributed by atoms with Gasteiger partial charge in [-0.3, -0.25) is 0 Å². The highest BCUT2D eigenvalue weighted by molar-refractivity contribution is 5.57. The Kier molecular flexibility index (Phi) is 4.77. The molecule has 1 N–H and O–H groups in total. The van der Waals surface area contributed by atoms with Gasteiger partial charge in [-0.05, 0) is 19.1 Å². The first-order valence-electron chi connectivity index (χ1n) is 4.09. The van der Waals surface area contributed by atoms with Crippen LogP contribution in [-0.4, -0.2) is 9.97 Å². The van der Waals surface area contributed by atoms with E-state index < -0.39 is 0 Å². The Morgan fingerprint density at radius 3 is 2.25 bits per heavy atom. The minimum atomic E-state index is 0. The first-order chi connectivity index (χ1) is 5.77. The lowest BCUT2D eigenvalue weighted by atomic mass is 10.3. The number of rotatable bonds is 2. The quantitative estimate of drug-likeness (QED) is 0.717. The summed E-state index contributed by atoms with van der Waals surface area (Å²) in [5, 5.41) is 0. The molecule has 2 heteroatoms. The van der Waals surface area contributed by atoms with E-state index in [1.165, 1.54) is 0 Å². The molecule has 0 aromatic carbocycles. The molecule has 12 heavy (non-hydrogen) atoms. The van der Waals surface area contributed by atoms with Crippen LogP contribution in [0.2, 0.25) is 0 Å². The molecule has 0 atom stereocenters. The number of aromatic nitrogens is 2. The minimum Gasteiger partial charge on any atom is -0.342 e. The van der Waals surface area contributed by atoms with Gasteiger partial charge in [-0.1, -0.05) is 27.0 Å². The summed E-state index contributed by atoms with van der Waals surface area (Å²) in [4.78, 5) is 7.20. The number of nitrogens with zero attached hydrogens (tertiary/aromatic N) is 1. The predicted molar refractivity (Wildman–Crippen MR) is 57.0 cm³/mol. The first-order valence-corrected chi connectivity index (χ1v) is 4.09. The zero-order valence-corrected chi connectivity index (χ0v) is 8.02. The molecule has 0 aliphatic heterocycles. The van der Waals surface area contributed by atoms with Crippen LogP contribution in [0, 0.1) is 6.92 Å². The van der Waals surface area contributed by atoms with Crippen LogP contribution in [0.1, 0.15) is 32.5 Å². The van der Waals surface area contributed by atoms with E-state index in [0.717, 1.165) is 17.2 Å². The van der Waals surface area contributed by atoms with Crippen LogP contribution in [0.5, 0.6) is 0 Å². The molecule has 0 bridgehead atoms. The Balaban J connectivity index is 0. The largest absolute Gasteiger partial charge is 0.342 e. The SMILES string of the molecule is C=Cc1nc(C)[nH]c1C=C.CC.[HH]. The zero-order valence-electron chi connectivity index (χ0n) is 8.02. The van der Waals surface area contributed by atoms with Crippen molar-refractivity contribution in [1.29, 1.82) is 0 Å². The minimum absolute atomic E-state index is 0. The van der Waals surface area contributed by atoms with Crippen LogP contribution in [0.15, 0.2) is 13.2 Å². The second kappa shape index (κ2) is 5.35. The molecule has 0 fully saturated rings. The van der Waals surface area contributed by atoms with Crippen molar-refractivity contribution < 1.29 is 1.43 Å². The van der Waals surface area contributed by atoms with Gasteiger partial charge in [0.2, 0.25) is 0 Å². The fourth-order valence-electron chi connectivity index (χ4n) is 0.839. The zero-order chi connectivity index (χ0) is 9.56. The van der Waals surface area contributed by atoms with E-state index in [1.54, 1.807) is 12.2 Å². The fraction of sp³-hybridized carbons (Fsp3) is 0.300. The second-order valence-corrected chi connectivity index (χ2v) is 2.03. The molecule has 0 amide bonds. The Morgan fingerprint density at radius 1 is 1.33 bits per heavy atom. The van der Waals surface area contributed by atoms with Gasteiger partial charge in [0.05, 0.1) is 11.4 Å². The van der Waals surface area contributed by atoms with Gasteiger partial charge in [0, 0.05) is 1.43 Å². The summed E-state index contributed by atoms with van der Waals surface area (Å²) in [6.07, 6.45) is 3.44. The van der Waals surface area contributed by atoms with Gasteiger partial charge in [-0.15, -0.1) is 0 Å². The van der Waals surface area contributed by atoms with Crippen molar-refractivity contribution in [3.05, 3.63) is 30.4 Å². The van der Waals surface area contributed by atoms with E-state index >= 15 is 0 Å². The molecule has 0 saturated heterocycles. The molecule has 0 spiro atoms. The average Bonchev–Trinajstić information content (AvgIpc) is 2.49. The van der Waals surface area contributed by atoms with Gasteiger partial charge >= 0.3 is 0 Å². The Bertz CT molecular complexity index is 238. The van der Waals surface area contributed by atoms with Crippen molar-refractivity contribution in [3.8, 4) is 0 Å². The van der Waals surface area contributed by atoms with Crippen LogP contribution in [0.3, 0.4) is 0 Å². The van der Waals surface area contributed by atoms with Gasteiger partial charge in [0.15, 0.2) is 0 Å². The van der Waals surface area contributed by atoms with Crippen LogP contribution in [0.4, 0.5) is 0 Å². The molecule has 0 aliphatic rings. The Labute approximate surface area is 75.5 Å². The summed E-state index contributed by atoms with van der Waals surface area (Å²) in [7, 11) is 0. The summed E-state index contributed by atoms with van der Waals surface area (Å²) in [5.74, 6) is 0.893. The summed E-state index contributed by atoms with van der Waals surface area (Å²) >= 11 is 0. The van der Waals surface area contributed by atoms with Gasteiger partial charge < -0.3 is 4.98 Å². The van der Waals surface area contributed by atoms with Crippen molar-refractivity contribution in [2.45, 2.75) is 20.8 Å². The number of H-pyrrole nitrogens is 1. The number of aromatic amines is 1. The van der Waals surface area contributed by atoms with Gasteiger partial charge in [0.1, 0.15) is 5.82 Å². The van der Waals surface area contributed by atoms with E-state index in [1.807, 2.05) is 20.8 Å². The van der Waals surface area contributed by atoms with Crippen LogP contribution < -0.4 is 0 Å². The molecule has 2 nitrogen and oxygen atoms in total. The van der Waals surface area contributed by atoms with Crippen molar-refractivity contribution in [1.82, 2.24) is 9.97 Å². The van der Waals surface area contributed by atoms with Crippen LogP contribution >= 0.6 is 0 Å². The molecule has 0 unspecified atom stereocenters. The molecular formula is C10H18N2. The first kappa shape index (κ1) is 10.7. The highest BCUT2D eigenvalue weighted by Crippen LogP contribution is 2.07. The third-order valence-electron chi connectivity index (χ3n) is 1.28. The third kappa shape index (κ3) is 2.38. The highest BCUT2D eigenvalue weighted by Gasteiger charge is 1.98. The monoisotopic (exact) mass is 166 g/mol. The van der Waals surface area contributed by atoms with Crippen molar-refractivity contribution >= 4 is 12.2 Å². The standard InChI is InChI=1S/C8H10N2.C2H6.H2/c1-4-7-8(5-2)10-6(3)9-7;1-2;/h4-5H,1-2H2,3H3,(H,9,10);1-2H3;1H.